The molecule has 3 aromatic rings. The Hall–Kier alpha value is -4.08. The van der Waals surface area contributed by atoms with Crippen LogP contribution >= 0.6 is 0 Å². The number of ether oxygens (including phenoxy) is 1. The molecule has 2 amide bonds. The fourth-order valence-electron chi connectivity index (χ4n) is 3.92. The molecule has 3 heterocycles. The second kappa shape index (κ2) is 8.12. The van der Waals surface area contributed by atoms with Gasteiger partial charge in [-0.25, -0.2) is 4.90 Å². The summed E-state index contributed by atoms with van der Waals surface area (Å²) < 4.78 is 10.8. The number of anilines is 1. The molecular weight excluding hydrogens is 424 g/mol. The summed E-state index contributed by atoms with van der Waals surface area (Å²) in [6.07, 6.45) is 0. The SMILES string of the molecule is CCOc1ccc(N2C(=O)[C@@H]3[C@@H](N=NN3Cc3nc(-c4ccc(C)c(C)c4)no3)C2=O)cc1. The van der Waals surface area contributed by atoms with Crippen LogP contribution in [0, 0.1) is 13.8 Å². The number of fused-ring (bicyclic) bond motifs is 1. The Balaban J connectivity index is 1.33. The summed E-state index contributed by atoms with van der Waals surface area (Å²) >= 11 is 0. The smallest absolute Gasteiger partial charge is 0.263 e. The van der Waals surface area contributed by atoms with Gasteiger partial charge in [0.25, 0.3) is 11.8 Å². The van der Waals surface area contributed by atoms with E-state index in [1.54, 1.807) is 24.3 Å². The van der Waals surface area contributed by atoms with E-state index in [2.05, 4.69) is 20.5 Å². The standard InChI is InChI=1S/C23H22N6O4/c1-4-32-17-9-7-16(8-10-17)29-22(30)19-20(23(29)31)28(27-25-19)12-18-24-21(26-33-18)15-6-5-13(2)14(3)11-15/h5-11,19-20H,4,12H2,1-3H3/t19-,20+/m1/s1. The number of aromatic nitrogens is 2. The summed E-state index contributed by atoms with van der Waals surface area (Å²) in [6.45, 7) is 6.53. The Morgan fingerprint density at radius 1 is 1.03 bits per heavy atom. The van der Waals surface area contributed by atoms with Crippen molar-refractivity contribution < 1.29 is 18.8 Å². The Morgan fingerprint density at radius 2 is 1.82 bits per heavy atom. The average molecular weight is 446 g/mol. The summed E-state index contributed by atoms with van der Waals surface area (Å²) in [5, 5.41) is 13.5. The molecule has 1 saturated heterocycles. The van der Waals surface area contributed by atoms with Gasteiger partial charge in [0, 0.05) is 5.56 Å². The number of benzene rings is 2. The second-order valence-electron chi connectivity index (χ2n) is 7.94. The zero-order valence-corrected chi connectivity index (χ0v) is 18.4. The van der Waals surface area contributed by atoms with Crippen molar-refractivity contribution in [1.82, 2.24) is 15.1 Å². The number of rotatable bonds is 6. The maximum absolute atomic E-state index is 13.2. The molecule has 1 fully saturated rings. The van der Waals surface area contributed by atoms with E-state index in [1.807, 2.05) is 39.0 Å². The van der Waals surface area contributed by atoms with Crippen molar-refractivity contribution in [1.29, 1.82) is 0 Å². The molecule has 10 nitrogen and oxygen atoms in total. The minimum atomic E-state index is -0.897. The quantitative estimate of drug-likeness (QED) is 0.534. The molecule has 168 valence electrons. The van der Waals surface area contributed by atoms with E-state index in [0.717, 1.165) is 16.0 Å². The first-order valence-corrected chi connectivity index (χ1v) is 10.6. The number of carbonyl (C=O) groups excluding carboxylic acids is 2. The summed E-state index contributed by atoms with van der Waals surface area (Å²) in [4.78, 5) is 31.6. The van der Waals surface area contributed by atoms with Gasteiger partial charge < -0.3 is 9.26 Å². The minimum Gasteiger partial charge on any atom is -0.494 e. The van der Waals surface area contributed by atoms with E-state index in [1.165, 1.54) is 10.6 Å². The predicted molar refractivity (Wildman–Crippen MR) is 117 cm³/mol. The molecule has 1 aromatic heterocycles. The lowest BCUT2D eigenvalue weighted by Crippen LogP contribution is -2.39. The van der Waals surface area contributed by atoms with Gasteiger partial charge in [0.05, 0.1) is 12.3 Å². The van der Waals surface area contributed by atoms with Crippen LogP contribution in [0.2, 0.25) is 0 Å². The monoisotopic (exact) mass is 446 g/mol. The van der Waals surface area contributed by atoms with Crippen LogP contribution in [-0.2, 0) is 16.1 Å². The number of imide groups is 1. The molecule has 0 spiro atoms. The van der Waals surface area contributed by atoms with Gasteiger partial charge in [-0.05, 0) is 62.2 Å². The lowest BCUT2D eigenvalue weighted by atomic mass is 10.1. The van der Waals surface area contributed by atoms with Gasteiger partial charge in [-0.1, -0.05) is 22.5 Å². The fourth-order valence-corrected chi connectivity index (χ4v) is 3.92. The highest BCUT2D eigenvalue weighted by molar-refractivity contribution is 6.25. The highest BCUT2D eigenvalue weighted by Crippen LogP contribution is 2.33. The molecule has 10 heteroatoms. The van der Waals surface area contributed by atoms with E-state index in [4.69, 9.17) is 9.26 Å². The van der Waals surface area contributed by atoms with Crippen LogP contribution in [-0.4, -0.2) is 45.7 Å². The molecule has 2 aromatic carbocycles. The first-order chi connectivity index (χ1) is 16.0. The molecule has 0 unspecified atom stereocenters. The minimum absolute atomic E-state index is 0.0681. The summed E-state index contributed by atoms with van der Waals surface area (Å²) in [5.74, 6) is 0.584. The van der Waals surface area contributed by atoms with Gasteiger partial charge in [0.15, 0.2) is 12.1 Å². The zero-order chi connectivity index (χ0) is 23.1. The van der Waals surface area contributed by atoms with Crippen LogP contribution in [0.15, 0.2) is 57.3 Å². The van der Waals surface area contributed by atoms with Crippen molar-refractivity contribution in [2.24, 2.45) is 10.3 Å². The molecule has 0 N–H and O–H groups in total. The molecule has 0 radical (unpaired) electrons. The molecule has 5 rings (SSSR count). The van der Waals surface area contributed by atoms with Crippen molar-refractivity contribution in [2.75, 3.05) is 11.5 Å². The molecule has 0 bridgehead atoms. The molecule has 2 aliphatic heterocycles. The predicted octanol–water partition coefficient (Wildman–Crippen LogP) is 3.25. The molecule has 2 aliphatic rings. The first kappa shape index (κ1) is 20.8. The lowest BCUT2D eigenvalue weighted by Gasteiger charge is -2.19. The number of carbonyl (C=O) groups is 2. The third-order valence-electron chi connectivity index (χ3n) is 5.79. The normalized spacial score (nSPS) is 19.5. The van der Waals surface area contributed by atoms with E-state index in [0.29, 0.717) is 23.9 Å². The Labute approximate surface area is 189 Å². The van der Waals surface area contributed by atoms with Crippen LogP contribution in [0.25, 0.3) is 11.4 Å². The summed E-state index contributed by atoms with van der Waals surface area (Å²) in [6, 6.07) is 11.0. The first-order valence-electron chi connectivity index (χ1n) is 10.6. The van der Waals surface area contributed by atoms with Gasteiger partial charge in [-0.15, -0.1) is 0 Å². The molecule has 2 atom stereocenters. The molecule has 0 aliphatic carbocycles. The number of nitrogens with zero attached hydrogens (tertiary/aromatic N) is 6. The molecule has 0 saturated carbocycles. The maximum Gasteiger partial charge on any atom is 0.263 e. The van der Waals surface area contributed by atoms with Gasteiger partial charge in [0.2, 0.25) is 11.7 Å². The Morgan fingerprint density at radius 3 is 2.55 bits per heavy atom. The van der Waals surface area contributed by atoms with Crippen molar-refractivity contribution in [3.63, 3.8) is 0 Å². The van der Waals surface area contributed by atoms with E-state index < -0.39 is 23.9 Å². The third-order valence-corrected chi connectivity index (χ3v) is 5.79. The number of aryl methyl sites for hydroxylation is 2. The van der Waals surface area contributed by atoms with E-state index >= 15 is 0 Å². The van der Waals surface area contributed by atoms with Crippen molar-refractivity contribution in [3.05, 3.63) is 59.5 Å². The van der Waals surface area contributed by atoms with Gasteiger partial charge in [-0.3, -0.25) is 14.6 Å². The van der Waals surface area contributed by atoms with Crippen LogP contribution in [0.4, 0.5) is 5.69 Å². The Bertz CT molecular complexity index is 1250. The van der Waals surface area contributed by atoms with Crippen molar-refractivity contribution >= 4 is 17.5 Å². The number of hydrogen-bond donors (Lipinski definition) is 0. The molecule has 33 heavy (non-hydrogen) atoms. The molecular formula is C23H22N6O4. The maximum atomic E-state index is 13.2. The summed E-state index contributed by atoms with van der Waals surface area (Å²) in [7, 11) is 0. The topological polar surface area (TPSA) is 113 Å². The van der Waals surface area contributed by atoms with Crippen molar-refractivity contribution in [2.45, 2.75) is 39.4 Å². The van der Waals surface area contributed by atoms with Gasteiger partial charge >= 0.3 is 0 Å². The fraction of sp³-hybridized carbons (Fsp3) is 0.304. The second-order valence-corrected chi connectivity index (χ2v) is 7.94. The van der Waals surface area contributed by atoms with Crippen LogP contribution in [0.3, 0.4) is 0 Å². The summed E-state index contributed by atoms with van der Waals surface area (Å²) in [5.41, 5.74) is 3.60. The third kappa shape index (κ3) is 3.63. The lowest BCUT2D eigenvalue weighted by molar-refractivity contribution is -0.123. The largest absolute Gasteiger partial charge is 0.494 e. The van der Waals surface area contributed by atoms with Crippen LogP contribution < -0.4 is 9.64 Å². The zero-order valence-electron chi connectivity index (χ0n) is 18.4. The van der Waals surface area contributed by atoms with E-state index in [9.17, 15) is 9.59 Å². The highest BCUT2D eigenvalue weighted by atomic mass is 16.5. The van der Waals surface area contributed by atoms with Gasteiger partial charge in [0.1, 0.15) is 12.3 Å². The van der Waals surface area contributed by atoms with E-state index in [-0.39, 0.29) is 12.4 Å². The average Bonchev–Trinajstić information content (AvgIpc) is 3.50. The van der Waals surface area contributed by atoms with Crippen LogP contribution in [0.5, 0.6) is 5.75 Å². The van der Waals surface area contributed by atoms with Crippen molar-refractivity contribution in [3.8, 4) is 17.1 Å². The Kier molecular flexibility index (Phi) is 5.12. The number of hydrogen-bond acceptors (Lipinski definition) is 9. The highest BCUT2D eigenvalue weighted by Gasteiger charge is 2.55. The van der Waals surface area contributed by atoms with Crippen LogP contribution in [0.1, 0.15) is 23.9 Å². The van der Waals surface area contributed by atoms with Gasteiger partial charge in [-0.2, -0.15) is 10.1 Å². The number of amides is 2.